The summed E-state index contributed by atoms with van der Waals surface area (Å²) < 4.78 is 7.14. The molecule has 0 spiro atoms. The van der Waals surface area contributed by atoms with E-state index in [0.29, 0.717) is 13.1 Å². The first kappa shape index (κ1) is 17.7. The lowest BCUT2D eigenvalue weighted by molar-refractivity contribution is -0.145. The van der Waals surface area contributed by atoms with Gasteiger partial charge in [0.2, 0.25) is 0 Å². The molecule has 0 saturated carbocycles. The summed E-state index contributed by atoms with van der Waals surface area (Å²) in [5.41, 5.74) is 0. The number of carbonyl (C=O) groups is 1. The largest absolute Gasteiger partial charge is 0.469 e. The highest BCUT2D eigenvalue weighted by molar-refractivity contribution is 5.82. The summed E-state index contributed by atoms with van der Waals surface area (Å²) in [7, 11) is 3.21. The van der Waals surface area contributed by atoms with Crippen molar-refractivity contribution in [3.05, 3.63) is 11.6 Å². The van der Waals surface area contributed by atoms with Gasteiger partial charge in [-0.15, -0.1) is 10.2 Å². The fraction of sp³-hybridized carbons (Fsp3) is 0.765. The number of hydrogen-bond donors (Lipinski definition) is 1. The average Bonchev–Trinajstić information content (AvgIpc) is 3.10. The molecule has 0 amide bonds. The van der Waals surface area contributed by atoms with Gasteiger partial charge in [-0.05, 0) is 18.8 Å². The van der Waals surface area contributed by atoms with Gasteiger partial charge in [-0.3, -0.25) is 9.79 Å². The van der Waals surface area contributed by atoms with Crippen molar-refractivity contribution >= 4 is 11.9 Å². The summed E-state index contributed by atoms with van der Waals surface area (Å²) in [6.07, 6.45) is 4.62. The molecule has 138 valence electrons. The standard InChI is InChI=1S/C17H28N6O2/c1-12-10-22(11-13(12)16(24)25-3)17(18-2)19-9-15-21-20-14-7-5-4-6-8-23(14)15/h12-13H,4-11H2,1-3H3,(H,18,19). The number of aliphatic imine (C=N–C) groups is 1. The number of guanidine groups is 1. The molecule has 0 radical (unpaired) electrons. The Morgan fingerprint density at radius 1 is 1.32 bits per heavy atom. The minimum atomic E-state index is -0.145. The van der Waals surface area contributed by atoms with Gasteiger partial charge in [0.05, 0.1) is 19.6 Å². The summed E-state index contributed by atoms with van der Waals surface area (Å²) >= 11 is 0. The number of aryl methyl sites for hydroxylation is 1. The molecular formula is C17H28N6O2. The zero-order valence-electron chi connectivity index (χ0n) is 15.4. The predicted molar refractivity (Wildman–Crippen MR) is 94.0 cm³/mol. The van der Waals surface area contributed by atoms with Gasteiger partial charge in [0.1, 0.15) is 5.82 Å². The highest BCUT2D eigenvalue weighted by Gasteiger charge is 2.36. The van der Waals surface area contributed by atoms with Crippen molar-refractivity contribution in [3.8, 4) is 0 Å². The first-order valence-corrected chi connectivity index (χ1v) is 9.08. The molecule has 2 aliphatic heterocycles. The topological polar surface area (TPSA) is 84.6 Å². The number of aromatic nitrogens is 3. The third-order valence-electron chi connectivity index (χ3n) is 5.22. The molecule has 3 rings (SSSR count). The second-order valence-corrected chi connectivity index (χ2v) is 6.91. The normalized spacial score (nSPS) is 24.0. The van der Waals surface area contributed by atoms with Crippen molar-refractivity contribution in [2.45, 2.75) is 45.7 Å². The number of methoxy groups -OCH3 is 1. The summed E-state index contributed by atoms with van der Waals surface area (Å²) in [6, 6.07) is 0. The second-order valence-electron chi connectivity index (χ2n) is 6.91. The third kappa shape index (κ3) is 3.77. The zero-order valence-corrected chi connectivity index (χ0v) is 15.4. The number of ether oxygens (including phenoxy) is 1. The van der Waals surface area contributed by atoms with Crippen molar-refractivity contribution in [2.24, 2.45) is 16.8 Å². The van der Waals surface area contributed by atoms with E-state index in [9.17, 15) is 4.79 Å². The average molecular weight is 348 g/mol. The highest BCUT2D eigenvalue weighted by Crippen LogP contribution is 2.24. The van der Waals surface area contributed by atoms with Crippen LogP contribution in [0.25, 0.3) is 0 Å². The number of likely N-dealkylation sites (tertiary alicyclic amines) is 1. The Labute approximate surface area is 148 Å². The van der Waals surface area contributed by atoms with Gasteiger partial charge in [0.25, 0.3) is 0 Å². The molecule has 2 unspecified atom stereocenters. The summed E-state index contributed by atoms with van der Waals surface area (Å²) in [5.74, 6) is 2.83. The number of esters is 1. The van der Waals surface area contributed by atoms with Crippen LogP contribution in [0.1, 0.15) is 37.8 Å². The molecular weight excluding hydrogens is 320 g/mol. The molecule has 3 heterocycles. The molecule has 1 aromatic rings. The SMILES string of the molecule is CN=C(NCc1nnc2n1CCCCC2)N1CC(C)C(C(=O)OC)C1. The van der Waals surface area contributed by atoms with E-state index in [1.54, 1.807) is 7.05 Å². The Kier molecular flexibility index (Phi) is 5.55. The number of hydrogen-bond acceptors (Lipinski definition) is 5. The molecule has 0 aromatic carbocycles. The van der Waals surface area contributed by atoms with Crippen LogP contribution in [-0.4, -0.2) is 58.8 Å². The van der Waals surface area contributed by atoms with Crippen molar-refractivity contribution in [1.29, 1.82) is 0 Å². The van der Waals surface area contributed by atoms with Crippen LogP contribution in [0.15, 0.2) is 4.99 Å². The van der Waals surface area contributed by atoms with Crippen LogP contribution in [0, 0.1) is 11.8 Å². The Hall–Kier alpha value is -2.12. The second kappa shape index (κ2) is 7.84. The van der Waals surface area contributed by atoms with Gasteiger partial charge in [0, 0.05) is 33.1 Å². The molecule has 2 atom stereocenters. The van der Waals surface area contributed by atoms with Gasteiger partial charge >= 0.3 is 5.97 Å². The first-order valence-electron chi connectivity index (χ1n) is 9.08. The van der Waals surface area contributed by atoms with Gasteiger partial charge in [-0.2, -0.15) is 0 Å². The van der Waals surface area contributed by atoms with Crippen LogP contribution in [0.3, 0.4) is 0 Å². The van der Waals surface area contributed by atoms with E-state index in [0.717, 1.165) is 37.1 Å². The number of fused-ring (bicyclic) bond motifs is 1. The van der Waals surface area contributed by atoms with E-state index in [1.165, 1.54) is 26.4 Å². The minimum Gasteiger partial charge on any atom is -0.469 e. The molecule has 8 nitrogen and oxygen atoms in total. The van der Waals surface area contributed by atoms with E-state index in [1.807, 2.05) is 0 Å². The maximum Gasteiger partial charge on any atom is 0.310 e. The molecule has 8 heteroatoms. The molecule has 0 bridgehead atoms. The van der Waals surface area contributed by atoms with Gasteiger partial charge < -0.3 is 19.5 Å². The highest BCUT2D eigenvalue weighted by atomic mass is 16.5. The maximum absolute atomic E-state index is 11.9. The van der Waals surface area contributed by atoms with E-state index < -0.39 is 0 Å². The lowest BCUT2D eigenvalue weighted by atomic mass is 9.99. The fourth-order valence-electron chi connectivity index (χ4n) is 3.76. The summed E-state index contributed by atoms with van der Waals surface area (Å²) in [6.45, 7) is 5.08. The summed E-state index contributed by atoms with van der Waals surface area (Å²) in [5, 5.41) is 12.1. The molecule has 0 aliphatic carbocycles. The van der Waals surface area contributed by atoms with Crippen molar-refractivity contribution in [2.75, 3.05) is 27.2 Å². The minimum absolute atomic E-state index is 0.104. The molecule has 1 aromatic heterocycles. The van der Waals surface area contributed by atoms with Gasteiger partial charge in [-0.1, -0.05) is 13.3 Å². The van der Waals surface area contributed by atoms with Gasteiger partial charge in [-0.25, -0.2) is 0 Å². The van der Waals surface area contributed by atoms with E-state index in [2.05, 4.69) is 36.9 Å². The third-order valence-corrected chi connectivity index (χ3v) is 5.22. The maximum atomic E-state index is 11.9. The zero-order chi connectivity index (χ0) is 17.8. The van der Waals surface area contributed by atoms with E-state index in [4.69, 9.17) is 4.74 Å². The van der Waals surface area contributed by atoms with Crippen LogP contribution in [0.5, 0.6) is 0 Å². The molecule has 1 fully saturated rings. The van der Waals surface area contributed by atoms with Crippen LogP contribution < -0.4 is 5.32 Å². The van der Waals surface area contributed by atoms with Crippen molar-refractivity contribution in [3.63, 3.8) is 0 Å². The molecule has 2 aliphatic rings. The number of carbonyl (C=O) groups excluding carboxylic acids is 1. The Balaban J connectivity index is 1.62. The lowest BCUT2D eigenvalue weighted by Crippen LogP contribution is -2.40. The monoisotopic (exact) mass is 348 g/mol. The van der Waals surface area contributed by atoms with Crippen LogP contribution in [0.2, 0.25) is 0 Å². The Bertz CT molecular complexity index is 641. The molecule has 1 saturated heterocycles. The summed E-state index contributed by atoms with van der Waals surface area (Å²) in [4.78, 5) is 18.4. The quantitative estimate of drug-likeness (QED) is 0.495. The molecule has 1 N–H and O–H groups in total. The van der Waals surface area contributed by atoms with Crippen LogP contribution >= 0.6 is 0 Å². The Morgan fingerprint density at radius 2 is 2.16 bits per heavy atom. The Morgan fingerprint density at radius 3 is 2.92 bits per heavy atom. The number of nitrogens with zero attached hydrogens (tertiary/aromatic N) is 5. The molecule has 25 heavy (non-hydrogen) atoms. The first-order chi connectivity index (χ1) is 12.1. The van der Waals surface area contributed by atoms with Crippen molar-refractivity contribution in [1.82, 2.24) is 25.0 Å². The van der Waals surface area contributed by atoms with Crippen LogP contribution in [0.4, 0.5) is 0 Å². The van der Waals surface area contributed by atoms with E-state index >= 15 is 0 Å². The lowest BCUT2D eigenvalue weighted by Gasteiger charge is -2.21. The van der Waals surface area contributed by atoms with Gasteiger partial charge in [0.15, 0.2) is 11.8 Å². The number of rotatable bonds is 3. The predicted octanol–water partition coefficient (Wildman–Crippen LogP) is 0.821. The van der Waals surface area contributed by atoms with Crippen LogP contribution in [-0.2, 0) is 29.0 Å². The van der Waals surface area contributed by atoms with Crippen molar-refractivity contribution < 1.29 is 9.53 Å². The fourth-order valence-corrected chi connectivity index (χ4v) is 3.76. The van der Waals surface area contributed by atoms with E-state index in [-0.39, 0.29) is 17.8 Å². The smallest absolute Gasteiger partial charge is 0.310 e. The number of nitrogens with one attached hydrogen (secondary N) is 1.